The number of hydrogen-bond acceptors (Lipinski definition) is 1. The van der Waals surface area contributed by atoms with Crippen molar-refractivity contribution in [2.45, 2.75) is 32.0 Å². The monoisotopic (exact) mass is 355 g/mol. The first-order valence-corrected chi connectivity index (χ1v) is 7.85. The smallest absolute Gasteiger partial charge is 0.350 e. The van der Waals surface area contributed by atoms with Crippen LogP contribution in [-0.2, 0) is 17.4 Å². The number of nitrogens with one attached hydrogen (secondary N) is 1. The highest BCUT2D eigenvalue weighted by molar-refractivity contribution is 6.31. The molecule has 0 bridgehead atoms. The first-order valence-electron chi connectivity index (χ1n) is 7.47. The minimum atomic E-state index is -4.36. The maximum Gasteiger partial charge on any atom is 0.416 e. The lowest BCUT2D eigenvalue weighted by atomic mass is 10.0. The molecular formula is C18H17ClF3NO. The Morgan fingerprint density at radius 3 is 2.33 bits per heavy atom. The zero-order chi connectivity index (χ0) is 17.7. The van der Waals surface area contributed by atoms with Gasteiger partial charge < -0.3 is 5.32 Å². The number of aryl methyl sites for hydroxylation is 1. The second-order valence-electron chi connectivity index (χ2n) is 5.50. The van der Waals surface area contributed by atoms with Crippen LogP contribution in [0.2, 0.25) is 5.02 Å². The Morgan fingerprint density at radius 1 is 1.12 bits per heavy atom. The first-order chi connectivity index (χ1) is 11.3. The molecule has 0 radical (unpaired) electrons. The van der Waals surface area contributed by atoms with Crippen molar-refractivity contribution < 1.29 is 18.0 Å². The van der Waals surface area contributed by atoms with Gasteiger partial charge in [0.15, 0.2) is 0 Å². The molecule has 0 saturated carbocycles. The van der Waals surface area contributed by atoms with Crippen LogP contribution in [-0.4, -0.2) is 5.91 Å². The van der Waals surface area contributed by atoms with Gasteiger partial charge in [-0.3, -0.25) is 4.79 Å². The minimum Gasteiger partial charge on any atom is -0.350 e. The second kappa shape index (κ2) is 7.71. The van der Waals surface area contributed by atoms with Crippen LogP contribution in [0.5, 0.6) is 0 Å². The minimum absolute atomic E-state index is 0.178. The summed E-state index contributed by atoms with van der Waals surface area (Å²) in [5, 5.41) is 3.39. The van der Waals surface area contributed by atoms with E-state index in [2.05, 4.69) is 5.32 Å². The van der Waals surface area contributed by atoms with E-state index in [9.17, 15) is 18.0 Å². The van der Waals surface area contributed by atoms with Crippen LogP contribution in [0.1, 0.15) is 36.1 Å². The van der Waals surface area contributed by atoms with Gasteiger partial charge in [-0.05, 0) is 42.7 Å². The lowest BCUT2D eigenvalue weighted by Gasteiger charge is -2.15. The average Bonchev–Trinajstić information content (AvgIpc) is 2.53. The first kappa shape index (κ1) is 18.3. The van der Waals surface area contributed by atoms with Gasteiger partial charge in [0.25, 0.3) is 0 Å². The molecule has 0 fully saturated rings. The average molecular weight is 356 g/mol. The number of halogens is 4. The number of hydrogen-bond donors (Lipinski definition) is 1. The molecule has 0 aliphatic rings. The normalized spacial score (nSPS) is 12.7. The van der Waals surface area contributed by atoms with E-state index in [0.29, 0.717) is 17.0 Å². The topological polar surface area (TPSA) is 29.1 Å². The van der Waals surface area contributed by atoms with Crippen LogP contribution in [0.15, 0.2) is 48.5 Å². The molecular weight excluding hydrogens is 339 g/mol. The Morgan fingerprint density at radius 2 is 1.75 bits per heavy atom. The van der Waals surface area contributed by atoms with Crippen LogP contribution in [0, 0.1) is 0 Å². The van der Waals surface area contributed by atoms with Crippen LogP contribution < -0.4 is 5.32 Å². The Kier molecular flexibility index (Phi) is 5.89. The fourth-order valence-corrected chi connectivity index (χ4v) is 2.54. The van der Waals surface area contributed by atoms with E-state index in [1.54, 1.807) is 13.0 Å². The molecule has 2 rings (SSSR count). The van der Waals surface area contributed by atoms with Gasteiger partial charge in [-0.1, -0.05) is 41.9 Å². The summed E-state index contributed by atoms with van der Waals surface area (Å²) >= 11 is 6.04. The molecule has 0 heterocycles. The fraction of sp³-hybridized carbons (Fsp3) is 0.278. The van der Waals surface area contributed by atoms with Gasteiger partial charge in [0.05, 0.1) is 11.6 Å². The third-order valence-corrected chi connectivity index (χ3v) is 4.06. The summed E-state index contributed by atoms with van der Waals surface area (Å²) in [6.07, 6.45) is -3.60. The third-order valence-electron chi connectivity index (χ3n) is 3.69. The standard InChI is InChI=1S/C18H17ClF3NO/c1-12(13-6-9-15(10-7-13)18(20,21)22)23-17(24)11-8-14-4-2-3-5-16(14)19/h2-7,9-10,12H,8,11H2,1H3,(H,23,24). The molecule has 0 aliphatic heterocycles. The summed E-state index contributed by atoms with van der Waals surface area (Å²) in [5.41, 5.74) is 0.800. The van der Waals surface area contributed by atoms with E-state index in [0.717, 1.165) is 17.7 Å². The predicted molar refractivity (Wildman–Crippen MR) is 87.8 cm³/mol. The highest BCUT2D eigenvalue weighted by Crippen LogP contribution is 2.29. The summed E-state index contributed by atoms with van der Waals surface area (Å²) in [7, 11) is 0. The van der Waals surface area contributed by atoms with Gasteiger partial charge in [0.1, 0.15) is 0 Å². The van der Waals surface area contributed by atoms with Gasteiger partial charge in [-0.25, -0.2) is 0 Å². The molecule has 1 atom stereocenters. The molecule has 24 heavy (non-hydrogen) atoms. The quantitative estimate of drug-likeness (QED) is 0.787. The SMILES string of the molecule is CC(NC(=O)CCc1ccccc1Cl)c1ccc(C(F)(F)F)cc1. The van der Waals surface area contributed by atoms with Crippen molar-refractivity contribution >= 4 is 17.5 Å². The molecule has 0 spiro atoms. The molecule has 128 valence electrons. The van der Waals surface area contributed by atoms with Crippen molar-refractivity contribution in [2.75, 3.05) is 0 Å². The zero-order valence-electron chi connectivity index (χ0n) is 13.0. The van der Waals surface area contributed by atoms with E-state index in [-0.39, 0.29) is 18.4 Å². The number of carbonyl (C=O) groups is 1. The van der Waals surface area contributed by atoms with E-state index >= 15 is 0 Å². The van der Waals surface area contributed by atoms with Gasteiger partial charge in [-0.15, -0.1) is 0 Å². The second-order valence-corrected chi connectivity index (χ2v) is 5.91. The van der Waals surface area contributed by atoms with Crippen LogP contribution in [0.25, 0.3) is 0 Å². The molecule has 1 unspecified atom stereocenters. The molecule has 6 heteroatoms. The summed E-state index contributed by atoms with van der Waals surface area (Å²) in [6, 6.07) is 11.7. The number of amides is 1. The van der Waals surface area contributed by atoms with Crippen molar-refractivity contribution in [3.05, 3.63) is 70.2 Å². The van der Waals surface area contributed by atoms with Crippen molar-refractivity contribution in [3.63, 3.8) is 0 Å². The Labute approximate surface area is 143 Å². The lowest BCUT2D eigenvalue weighted by molar-refractivity contribution is -0.137. The summed E-state index contributed by atoms with van der Waals surface area (Å²) < 4.78 is 37.6. The third kappa shape index (κ3) is 4.99. The fourth-order valence-electron chi connectivity index (χ4n) is 2.31. The Bertz CT molecular complexity index is 698. The summed E-state index contributed by atoms with van der Waals surface area (Å²) in [5.74, 6) is -0.178. The largest absolute Gasteiger partial charge is 0.416 e. The van der Waals surface area contributed by atoms with Gasteiger partial charge >= 0.3 is 6.18 Å². The molecule has 0 aliphatic carbocycles. The van der Waals surface area contributed by atoms with Crippen LogP contribution in [0.3, 0.4) is 0 Å². The maximum atomic E-state index is 12.5. The van der Waals surface area contributed by atoms with Crippen LogP contribution >= 0.6 is 11.6 Å². The number of rotatable bonds is 5. The zero-order valence-corrected chi connectivity index (χ0v) is 13.8. The van der Waals surface area contributed by atoms with Crippen molar-refractivity contribution in [1.29, 1.82) is 0 Å². The molecule has 1 N–H and O–H groups in total. The molecule has 2 aromatic rings. The van der Waals surface area contributed by atoms with E-state index in [1.807, 2.05) is 18.2 Å². The van der Waals surface area contributed by atoms with E-state index in [4.69, 9.17) is 11.6 Å². The molecule has 2 nitrogen and oxygen atoms in total. The Hall–Kier alpha value is -2.01. The number of benzene rings is 2. The van der Waals surface area contributed by atoms with Crippen molar-refractivity contribution in [1.82, 2.24) is 5.32 Å². The summed E-state index contributed by atoms with van der Waals surface area (Å²) in [6.45, 7) is 1.73. The molecule has 0 saturated heterocycles. The van der Waals surface area contributed by atoms with Gasteiger partial charge in [0.2, 0.25) is 5.91 Å². The van der Waals surface area contributed by atoms with E-state index in [1.165, 1.54) is 12.1 Å². The van der Waals surface area contributed by atoms with Crippen LogP contribution in [0.4, 0.5) is 13.2 Å². The summed E-state index contributed by atoms with van der Waals surface area (Å²) in [4.78, 5) is 12.0. The van der Waals surface area contributed by atoms with Gasteiger partial charge in [-0.2, -0.15) is 13.2 Å². The molecule has 2 aromatic carbocycles. The van der Waals surface area contributed by atoms with Gasteiger partial charge in [0, 0.05) is 11.4 Å². The van der Waals surface area contributed by atoms with E-state index < -0.39 is 11.7 Å². The maximum absolute atomic E-state index is 12.5. The van der Waals surface area contributed by atoms with Crippen molar-refractivity contribution in [2.24, 2.45) is 0 Å². The molecule has 1 amide bonds. The number of carbonyl (C=O) groups excluding carboxylic acids is 1. The highest BCUT2D eigenvalue weighted by atomic mass is 35.5. The highest BCUT2D eigenvalue weighted by Gasteiger charge is 2.30. The molecule has 0 aromatic heterocycles. The predicted octanol–water partition coefficient (Wildman–Crippen LogP) is 5.17. The lowest BCUT2D eigenvalue weighted by Crippen LogP contribution is -2.26. The van der Waals surface area contributed by atoms with Crippen molar-refractivity contribution in [3.8, 4) is 0 Å². The number of alkyl halides is 3. The Balaban J connectivity index is 1.90.